The minimum Gasteiger partial charge on any atom is -0.496 e. The summed E-state index contributed by atoms with van der Waals surface area (Å²) in [7, 11) is 1.71. The Balaban J connectivity index is 2.39. The maximum Gasteiger partial charge on any atom is 0.122 e. The molecule has 0 saturated heterocycles. The lowest BCUT2D eigenvalue weighted by molar-refractivity contribution is 0.410. The Hall–Kier alpha value is -1.02. The van der Waals surface area contributed by atoms with Gasteiger partial charge in [-0.2, -0.15) is 0 Å². The Labute approximate surface area is 91.4 Å². The monoisotopic (exact) mass is 205 g/mol. The fourth-order valence-electron chi connectivity index (χ4n) is 2.46. The lowest BCUT2D eigenvalue weighted by Gasteiger charge is -2.11. The van der Waals surface area contributed by atoms with Gasteiger partial charge in [0.05, 0.1) is 7.11 Å². The molecule has 1 aliphatic carbocycles. The molecule has 2 atom stereocenters. The van der Waals surface area contributed by atoms with Gasteiger partial charge in [-0.1, -0.05) is 26.0 Å². The van der Waals surface area contributed by atoms with Crippen molar-refractivity contribution in [2.75, 3.05) is 7.11 Å². The van der Waals surface area contributed by atoms with E-state index < -0.39 is 0 Å². The van der Waals surface area contributed by atoms with E-state index in [1.54, 1.807) is 7.11 Å². The third-order valence-corrected chi connectivity index (χ3v) is 3.79. The van der Waals surface area contributed by atoms with E-state index in [1.807, 2.05) is 12.1 Å². The smallest absolute Gasteiger partial charge is 0.122 e. The summed E-state index contributed by atoms with van der Waals surface area (Å²) in [4.78, 5) is 0. The van der Waals surface area contributed by atoms with Gasteiger partial charge in [-0.15, -0.1) is 0 Å². The topological polar surface area (TPSA) is 35.2 Å². The maximum absolute atomic E-state index is 6.10. The molecule has 0 bridgehead atoms. The highest BCUT2D eigenvalue weighted by Crippen LogP contribution is 2.58. The zero-order valence-corrected chi connectivity index (χ0v) is 9.87. The van der Waals surface area contributed by atoms with Crippen molar-refractivity contribution in [2.45, 2.75) is 32.7 Å². The van der Waals surface area contributed by atoms with Gasteiger partial charge >= 0.3 is 0 Å². The summed E-state index contributed by atoms with van der Waals surface area (Å²) in [6.45, 7) is 6.55. The van der Waals surface area contributed by atoms with Crippen molar-refractivity contribution in [3.8, 4) is 5.75 Å². The first-order valence-corrected chi connectivity index (χ1v) is 5.39. The van der Waals surface area contributed by atoms with E-state index >= 15 is 0 Å². The van der Waals surface area contributed by atoms with Gasteiger partial charge < -0.3 is 10.5 Å². The summed E-state index contributed by atoms with van der Waals surface area (Å²) in [5.41, 5.74) is 8.90. The number of nitrogens with two attached hydrogens (primary N) is 1. The van der Waals surface area contributed by atoms with Gasteiger partial charge in [0.25, 0.3) is 0 Å². The van der Waals surface area contributed by atoms with Gasteiger partial charge in [-0.25, -0.2) is 0 Å². The zero-order valence-electron chi connectivity index (χ0n) is 9.87. The summed E-state index contributed by atoms with van der Waals surface area (Å²) in [6, 6.07) is 6.49. The molecule has 15 heavy (non-hydrogen) atoms. The van der Waals surface area contributed by atoms with Gasteiger partial charge in [0.15, 0.2) is 0 Å². The summed E-state index contributed by atoms with van der Waals surface area (Å²) in [5.74, 6) is 1.44. The van der Waals surface area contributed by atoms with Crippen LogP contribution in [0.15, 0.2) is 18.2 Å². The van der Waals surface area contributed by atoms with Crippen molar-refractivity contribution in [2.24, 2.45) is 11.1 Å². The molecule has 1 fully saturated rings. The van der Waals surface area contributed by atoms with Crippen LogP contribution in [0, 0.1) is 12.3 Å². The molecule has 0 heterocycles. The van der Waals surface area contributed by atoms with Gasteiger partial charge in [-0.3, -0.25) is 0 Å². The molecule has 2 N–H and O–H groups in total. The van der Waals surface area contributed by atoms with Gasteiger partial charge in [0, 0.05) is 12.0 Å². The number of benzene rings is 1. The molecule has 0 radical (unpaired) electrons. The van der Waals surface area contributed by atoms with Crippen molar-refractivity contribution in [1.29, 1.82) is 0 Å². The standard InChI is InChI=1S/C13H19NO/c1-8-9(6-5-7-10(8)15-4)11-12(14)13(11,2)3/h5-7,11-12H,14H2,1-4H3. The summed E-state index contributed by atoms with van der Waals surface area (Å²) < 4.78 is 5.33. The van der Waals surface area contributed by atoms with Crippen molar-refractivity contribution in [3.05, 3.63) is 29.3 Å². The normalized spacial score (nSPS) is 27.5. The molecule has 2 unspecified atom stereocenters. The highest BCUT2D eigenvalue weighted by atomic mass is 16.5. The highest BCUT2D eigenvalue weighted by molar-refractivity contribution is 5.46. The van der Waals surface area contributed by atoms with Gasteiger partial charge in [-0.05, 0) is 29.5 Å². The molecule has 2 nitrogen and oxygen atoms in total. The van der Waals surface area contributed by atoms with Crippen LogP contribution in [-0.4, -0.2) is 13.2 Å². The van der Waals surface area contributed by atoms with Crippen LogP contribution in [0.5, 0.6) is 5.75 Å². The molecule has 0 spiro atoms. The van der Waals surface area contributed by atoms with E-state index in [0.717, 1.165) is 5.75 Å². The van der Waals surface area contributed by atoms with Crippen LogP contribution in [0.4, 0.5) is 0 Å². The molecule has 82 valence electrons. The molecule has 0 amide bonds. The Morgan fingerprint density at radius 3 is 2.40 bits per heavy atom. The van der Waals surface area contributed by atoms with Gasteiger partial charge in [0.2, 0.25) is 0 Å². The Morgan fingerprint density at radius 2 is 1.93 bits per heavy atom. The highest BCUT2D eigenvalue weighted by Gasteiger charge is 2.56. The number of hydrogen-bond acceptors (Lipinski definition) is 2. The molecule has 2 rings (SSSR count). The third kappa shape index (κ3) is 1.44. The van der Waals surface area contributed by atoms with E-state index in [1.165, 1.54) is 11.1 Å². The fraction of sp³-hybridized carbons (Fsp3) is 0.538. The predicted octanol–water partition coefficient (Wildman–Crippen LogP) is 2.45. The molecular formula is C13H19NO. The van der Waals surface area contributed by atoms with Crippen molar-refractivity contribution < 1.29 is 4.74 Å². The van der Waals surface area contributed by atoms with Gasteiger partial charge in [0.1, 0.15) is 5.75 Å². The average Bonchev–Trinajstić information content (AvgIpc) is 2.68. The van der Waals surface area contributed by atoms with Crippen molar-refractivity contribution in [3.63, 3.8) is 0 Å². The largest absolute Gasteiger partial charge is 0.496 e. The molecule has 1 saturated carbocycles. The molecule has 1 aliphatic rings. The number of rotatable bonds is 2. The lowest BCUT2D eigenvalue weighted by Crippen LogP contribution is -2.06. The predicted molar refractivity (Wildman–Crippen MR) is 62.2 cm³/mol. The first-order valence-electron chi connectivity index (χ1n) is 5.39. The zero-order chi connectivity index (χ0) is 11.2. The molecular weight excluding hydrogens is 186 g/mol. The Bertz CT molecular complexity index is 384. The fourth-order valence-corrected chi connectivity index (χ4v) is 2.46. The Kier molecular flexibility index (Phi) is 2.27. The Morgan fingerprint density at radius 1 is 1.33 bits per heavy atom. The number of methoxy groups -OCH3 is 1. The molecule has 1 aromatic rings. The average molecular weight is 205 g/mol. The minimum atomic E-state index is 0.233. The number of ether oxygens (including phenoxy) is 1. The van der Waals surface area contributed by atoms with E-state index in [0.29, 0.717) is 5.92 Å². The van der Waals surface area contributed by atoms with Crippen LogP contribution >= 0.6 is 0 Å². The summed E-state index contributed by atoms with van der Waals surface area (Å²) in [6.07, 6.45) is 0. The summed E-state index contributed by atoms with van der Waals surface area (Å²) in [5, 5.41) is 0. The molecule has 0 aliphatic heterocycles. The second kappa shape index (κ2) is 3.24. The lowest BCUT2D eigenvalue weighted by atomic mass is 9.98. The van der Waals surface area contributed by atoms with Crippen LogP contribution in [0.2, 0.25) is 0 Å². The maximum atomic E-state index is 6.10. The minimum absolute atomic E-state index is 0.233. The molecule has 1 aromatic carbocycles. The summed E-state index contributed by atoms with van der Waals surface area (Å²) >= 11 is 0. The van der Waals surface area contributed by atoms with Crippen LogP contribution in [0.3, 0.4) is 0 Å². The first kappa shape index (κ1) is 10.5. The quantitative estimate of drug-likeness (QED) is 0.805. The van der Waals surface area contributed by atoms with E-state index in [4.69, 9.17) is 10.5 Å². The van der Waals surface area contributed by atoms with Crippen molar-refractivity contribution >= 4 is 0 Å². The molecule has 0 aromatic heterocycles. The first-order chi connectivity index (χ1) is 7.00. The second-order valence-corrected chi connectivity index (χ2v) is 5.00. The van der Waals surface area contributed by atoms with Crippen LogP contribution in [0.25, 0.3) is 0 Å². The third-order valence-electron chi connectivity index (χ3n) is 3.79. The number of hydrogen-bond donors (Lipinski definition) is 1. The SMILES string of the molecule is COc1cccc(C2C(N)C2(C)C)c1C. The van der Waals surface area contributed by atoms with E-state index in [9.17, 15) is 0 Å². The second-order valence-electron chi connectivity index (χ2n) is 5.00. The van der Waals surface area contributed by atoms with E-state index in [2.05, 4.69) is 26.8 Å². The van der Waals surface area contributed by atoms with Crippen LogP contribution in [0.1, 0.15) is 30.9 Å². The molecule has 2 heteroatoms. The van der Waals surface area contributed by atoms with Crippen LogP contribution < -0.4 is 10.5 Å². The van der Waals surface area contributed by atoms with E-state index in [-0.39, 0.29) is 11.5 Å². The van der Waals surface area contributed by atoms with Crippen molar-refractivity contribution in [1.82, 2.24) is 0 Å². The van der Waals surface area contributed by atoms with Crippen LogP contribution in [-0.2, 0) is 0 Å².